The number of fused-ring (bicyclic) bond motifs is 1. The second kappa shape index (κ2) is 7.94. The average Bonchev–Trinajstić information content (AvgIpc) is 2.57. The van der Waals surface area contributed by atoms with Crippen molar-refractivity contribution in [2.24, 2.45) is 0 Å². The number of carbonyl (C=O) groups is 2. The van der Waals surface area contributed by atoms with E-state index in [0.29, 0.717) is 18.4 Å². The number of aromatic nitrogens is 1. The maximum atomic E-state index is 12.6. The summed E-state index contributed by atoms with van der Waals surface area (Å²) in [4.78, 5) is 28.8. The number of Topliss-reactive ketones (excluding diaryl/α,β-unsaturated/α-hetero) is 1. The summed E-state index contributed by atoms with van der Waals surface area (Å²) in [5, 5.41) is 3.68. The molecular formula is C17H20N2O2S. The minimum absolute atomic E-state index is 0.0701. The number of amides is 1. The van der Waals surface area contributed by atoms with Crippen molar-refractivity contribution in [2.45, 2.75) is 25.8 Å². The van der Waals surface area contributed by atoms with Crippen molar-refractivity contribution in [1.82, 2.24) is 10.3 Å². The normalized spacial score (nSPS) is 12.1. The Kier molecular flexibility index (Phi) is 5.95. The zero-order valence-electron chi connectivity index (χ0n) is 12.8. The van der Waals surface area contributed by atoms with Crippen molar-refractivity contribution in [1.29, 1.82) is 0 Å². The van der Waals surface area contributed by atoms with Gasteiger partial charge in [0, 0.05) is 18.0 Å². The van der Waals surface area contributed by atoms with Crippen LogP contribution in [0.3, 0.4) is 0 Å². The van der Waals surface area contributed by atoms with Crippen molar-refractivity contribution in [3.05, 3.63) is 42.1 Å². The predicted octanol–water partition coefficient (Wildman–Crippen LogP) is 3.07. The summed E-state index contributed by atoms with van der Waals surface area (Å²) in [6.45, 7) is 1.82. The number of nitrogens with zero attached hydrogens (tertiary/aromatic N) is 1. The minimum Gasteiger partial charge on any atom is -0.342 e. The van der Waals surface area contributed by atoms with Crippen LogP contribution in [0.15, 0.2) is 36.5 Å². The Bertz CT molecular complexity index is 667. The molecule has 5 heteroatoms. The molecule has 0 aliphatic heterocycles. The Morgan fingerprint density at radius 2 is 2.05 bits per heavy atom. The van der Waals surface area contributed by atoms with Gasteiger partial charge in [-0.05, 0) is 30.6 Å². The van der Waals surface area contributed by atoms with Gasteiger partial charge in [0.05, 0.1) is 17.1 Å². The van der Waals surface area contributed by atoms with Gasteiger partial charge in [0.25, 0.3) is 5.91 Å². The van der Waals surface area contributed by atoms with E-state index in [1.54, 1.807) is 24.0 Å². The number of hydrogen-bond donors (Lipinski definition) is 1. The van der Waals surface area contributed by atoms with Gasteiger partial charge in [-0.2, -0.15) is 11.8 Å². The number of carbonyl (C=O) groups excluding carboxylic acids is 2. The molecule has 1 atom stereocenters. The Hall–Kier alpha value is -1.88. The molecule has 116 valence electrons. The molecule has 0 aliphatic carbocycles. The molecule has 2 rings (SSSR count). The number of benzene rings is 1. The molecule has 1 heterocycles. The topological polar surface area (TPSA) is 59.1 Å². The van der Waals surface area contributed by atoms with E-state index in [9.17, 15) is 9.59 Å². The molecule has 0 bridgehead atoms. The third-order valence-electron chi connectivity index (χ3n) is 3.55. The zero-order chi connectivity index (χ0) is 15.9. The van der Waals surface area contributed by atoms with Gasteiger partial charge in [-0.3, -0.25) is 14.6 Å². The molecule has 1 N–H and O–H groups in total. The van der Waals surface area contributed by atoms with Crippen molar-refractivity contribution >= 4 is 34.4 Å². The molecule has 0 spiro atoms. The Morgan fingerprint density at radius 3 is 2.77 bits per heavy atom. The Balaban J connectivity index is 2.23. The largest absolute Gasteiger partial charge is 0.342 e. The van der Waals surface area contributed by atoms with Crippen molar-refractivity contribution in [2.75, 3.05) is 12.0 Å². The van der Waals surface area contributed by atoms with E-state index in [2.05, 4.69) is 10.3 Å². The second-order valence-corrected chi connectivity index (χ2v) is 5.99. The number of rotatable bonds is 7. The summed E-state index contributed by atoms with van der Waals surface area (Å²) in [5.41, 5.74) is 1.33. The van der Waals surface area contributed by atoms with Crippen LogP contribution in [-0.2, 0) is 4.79 Å². The highest BCUT2D eigenvalue weighted by molar-refractivity contribution is 7.98. The van der Waals surface area contributed by atoms with Gasteiger partial charge in [0.2, 0.25) is 0 Å². The van der Waals surface area contributed by atoms with Crippen LogP contribution >= 0.6 is 11.8 Å². The van der Waals surface area contributed by atoms with E-state index >= 15 is 0 Å². The third-order valence-corrected chi connectivity index (χ3v) is 4.19. The lowest BCUT2D eigenvalue weighted by Gasteiger charge is -2.17. The first-order chi connectivity index (χ1) is 10.7. The highest BCUT2D eigenvalue weighted by atomic mass is 32.2. The monoisotopic (exact) mass is 316 g/mol. The molecule has 1 aromatic heterocycles. The Morgan fingerprint density at radius 1 is 1.27 bits per heavy atom. The molecule has 0 aliphatic rings. The van der Waals surface area contributed by atoms with Crippen LogP contribution in [-0.4, -0.2) is 34.7 Å². The van der Waals surface area contributed by atoms with Gasteiger partial charge in [-0.15, -0.1) is 0 Å². The number of nitrogens with one attached hydrogen (secondary N) is 1. The predicted molar refractivity (Wildman–Crippen MR) is 91.3 cm³/mol. The van der Waals surface area contributed by atoms with E-state index in [0.717, 1.165) is 16.7 Å². The van der Waals surface area contributed by atoms with Gasteiger partial charge in [0.1, 0.15) is 0 Å². The molecule has 2 aromatic rings. The Labute approximate surface area is 134 Å². The van der Waals surface area contributed by atoms with Crippen molar-refractivity contribution in [3.63, 3.8) is 0 Å². The molecule has 0 radical (unpaired) electrons. The summed E-state index contributed by atoms with van der Waals surface area (Å²) >= 11 is 1.67. The highest BCUT2D eigenvalue weighted by Crippen LogP contribution is 2.16. The first kappa shape index (κ1) is 16.5. The molecule has 0 fully saturated rings. The van der Waals surface area contributed by atoms with E-state index in [1.807, 2.05) is 37.4 Å². The van der Waals surface area contributed by atoms with Gasteiger partial charge >= 0.3 is 0 Å². The summed E-state index contributed by atoms with van der Waals surface area (Å²) < 4.78 is 0. The highest BCUT2D eigenvalue weighted by Gasteiger charge is 2.20. The smallest absolute Gasteiger partial charge is 0.252 e. The van der Waals surface area contributed by atoms with Crippen LogP contribution in [0.4, 0.5) is 0 Å². The number of hydrogen-bond acceptors (Lipinski definition) is 4. The zero-order valence-corrected chi connectivity index (χ0v) is 13.7. The van der Waals surface area contributed by atoms with Gasteiger partial charge in [0.15, 0.2) is 5.78 Å². The fourth-order valence-electron chi connectivity index (χ4n) is 2.33. The molecule has 4 nitrogen and oxygen atoms in total. The van der Waals surface area contributed by atoms with Crippen molar-refractivity contribution < 1.29 is 9.59 Å². The molecule has 1 aromatic carbocycles. The van der Waals surface area contributed by atoms with E-state index in [4.69, 9.17) is 0 Å². The fourth-order valence-corrected chi connectivity index (χ4v) is 2.80. The average molecular weight is 316 g/mol. The summed E-state index contributed by atoms with van der Waals surface area (Å²) in [5.74, 6) is 0.695. The third kappa shape index (κ3) is 3.85. The molecule has 0 saturated heterocycles. The SMILES string of the molecule is CCC(=O)C(CCSC)NC(=O)c1ccnc2ccccc12. The van der Waals surface area contributed by atoms with E-state index in [-0.39, 0.29) is 11.7 Å². The number of pyridine rings is 1. The van der Waals surface area contributed by atoms with Crippen LogP contribution in [0, 0.1) is 0 Å². The van der Waals surface area contributed by atoms with Crippen LogP contribution < -0.4 is 5.32 Å². The van der Waals surface area contributed by atoms with E-state index < -0.39 is 6.04 Å². The standard InChI is InChI=1S/C17H20N2O2S/c1-3-16(20)15(9-11-22-2)19-17(21)13-8-10-18-14-7-5-4-6-12(13)14/h4-8,10,15H,3,9,11H2,1-2H3,(H,19,21). The molecular weight excluding hydrogens is 296 g/mol. The molecule has 1 unspecified atom stereocenters. The quantitative estimate of drug-likeness (QED) is 0.853. The van der Waals surface area contributed by atoms with Gasteiger partial charge in [-0.1, -0.05) is 25.1 Å². The second-order valence-electron chi connectivity index (χ2n) is 5.00. The maximum Gasteiger partial charge on any atom is 0.252 e. The lowest BCUT2D eigenvalue weighted by atomic mass is 10.1. The number of ketones is 1. The number of thioether (sulfide) groups is 1. The van der Waals surface area contributed by atoms with Crippen LogP contribution in [0.5, 0.6) is 0 Å². The summed E-state index contributed by atoms with van der Waals surface area (Å²) in [7, 11) is 0. The molecule has 0 saturated carbocycles. The summed E-state index contributed by atoms with van der Waals surface area (Å²) in [6.07, 6.45) is 4.69. The fraction of sp³-hybridized carbons (Fsp3) is 0.353. The van der Waals surface area contributed by atoms with Crippen molar-refractivity contribution in [3.8, 4) is 0 Å². The molecule has 1 amide bonds. The lowest BCUT2D eigenvalue weighted by molar-refractivity contribution is -0.120. The van der Waals surface area contributed by atoms with Crippen LogP contribution in [0.2, 0.25) is 0 Å². The molecule has 22 heavy (non-hydrogen) atoms. The summed E-state index contributed by atoms with van der Waals surface area (Å²) in [6, 6.07) is 8.78. The van der Waals surface area contributed by atoms with Gasteiger partial charge in [-0.25, -0.2) is 0 Å². The lowest BCUT2D eigenvalue weighted by Crippen LogP contribution is -2.41. The minimum atomic E-state index is -0.420. The van der Waals surface area contributed by atoms with Crippen LogP contribution in [0.1, 0.15) is 30.1 Å². The maximum absolute atomic E-state index is 12.6. The first-order valence-corrected chi connectivity index (χ1v) is 8.73. The number of para-hydroxylation sites is 1. The van der Waals surface area contributed by atoms with Crippen LogP contribution in [0.25, 0.3) is 10.9 Å². The van der Waals surface area contributed by atoms with Gasteiger partial charge < -0.3 is 5.32 Å². The van der Waals surface area contributed by atoms with E-state index in [1.165, 1.54) is 0 Å². The first-order valence-electron chi connectivity index (χ1n) is 7.33.